The number of aromatic nitrogens is 3. The Morgan fingerprint density at radius 1 is 1.09 bits per heavy atom. The molecule has 35 heavy (non-hydrogen) atoms. The van der Waals surface area contributed by atoms with Crippen molar-refractivity contribution in [1.82, 2.24) is 25.6 Å². The van der Waals surface area contributed by atoms with Crippen molar-refractivity contribution >= 4 is 22.8 Å². The molecule has 2 saturated carbocycles. The van der Waals surface area contributed by atoms with Gasteiger partial charge in [0, 0.05) is 36.3 Å². The molecule has 2 amide bonds. The smallest absolute Gasteiger partial charge is 0.255 e. The van der Waals surface area contributed by atoms with Crippen molar-refractivity contribution < 1.29 is 18.7 Å². The van der Waals surface area contributed by atoms with Crippen molar-refractivity contribution in [2.45, 2.75) is 64.5 Å². The molecule has 9 heteroatoms. The molecule has 1 aromatic carbocycles. The third kappa shape index (κ3) is 5.13. The zero-order valence-corrected chi connectivity index (χ0v) is 20.0. The predicted molar refractivity (Wildman–Crippen MR) is 130 cm³/mol. The number of rotatable bonds is 7. The zero-order valence-electron chi connectivity index (χ0n) is 20.0. The van der Waals surface area contributed by atoms with Crippen LogP contribution in [-0.2, 0) is 4.79 Å². The van der Waals surface area contributed by atoms with Crippen LogP contribution in [0.3, 0.4) is 0 Å². The Hall–Kier alpha value is -3.49. The van der Waals surface area contributed by atoms with Gasteiger partial charge in [-0.1, -0.05) is 0 Å². The first kappa shape index (κ1) is 23.3. The van der Waals surface area contributed by atoms with E-state index < -0.39 is 0 Å². The van der Waals surface area contributed by atoms with Gasteiger partial charge in [-0.3, -0.25) is 9.59 Å². The Labute approximate surface area is 203 Å². The molecule has 2 heterocycles. The molecule has 0 aliphatic heterocycles. The number of fused-ring (bicyclic) bond motifs is 1. The third-order valence-corrected chi connectivity index (χ3v) is 6.84. The number of ether oxygens (including phenoxy) is 1. The second kappa shape index (κ2) is 9.64. The summed E-state index contributed by atoms with van der Waals surface area (Å²) in [6.07, 6.45) is 6.95. The standard InChI is InChI=1S/C26H30FN5O3/c1-14-22(26(34)32-19-8-6-18(7-9-19)31-15(2)33)24-25(30-14)23(28-13-29-24)20-10-5-17(27)11-21(20)35-12-16-3-4-16/h5,10-11,13,16,18-19,30H,3-4,6-9,12H2,1-2H3,(H,31,33)(H,32,34)/t18-,19-. The highest BCUT2D eigenvalue weighted by Gasteiger charge is 2.27. The monoisotopic (exact) mass is 479 g/mol. The fourth-order valence-corrected chi connectivity index (χ4v) is 4.83. The molecule has 8 nitrogen and oxygen atoms in total. The summed E-state index contributed by atoms with van der Waals surface area (Å²) in [5.41, 5.74) is 3.54. The molecule has 0 spiro atoms. The van der Waals surface area contributed by atoms with Gasteiger partial charge >= 0.3 is 0 Å². The lowest BCUT2D eigenvalue weighted by atomic mass is 9.91. The van der Waals surface area contributed by atoms with Crippen LogP contribution >= 0.6 is 0 Å². The van der Waals surface area contributed by atoms with Crippen molar-refractivity contribution in [3.63, 3.8) is 0 Å². The van der Waals surface area contributed by atoms with Crippen molar-refractivity contribution in [3.05, 3.63) is 41.6 Å². The molecule has 2 aliphatic carbocycles. The maximum atomic E-state index is 14.0. The van der Waals surface area contributed by atoms with E-state index in [2.05, 4.69) is 25.6 Å². The van der Waals surface area contributed by atoms with Crippen LogP contribution in [0.5, 0.6) is 5.75 Å². The maximum absolute atomic E-state index is 14.0. The number of carbonyl (C=O) groups excluding carboxylic acids is 2. The van der Waals surface area contributed by atoms with Gasteiger partial charge in [-0.2, -0.15) is 0 Å². The number of amides is 2. The van der Waals surface area contributed by atoms with Crippen LogP contribution in [0.1, 0.15) is 61.5 Å². The van der Waals surface area contributed by atoms with E-state index in [0.717, 1.165) is 38.5 Å². The summed E-state index contributed by atoms with van der Waals surface area (Å²) in [5.74, 6) is 0.370. The first-order chi connectivity index (χ1) is 16.9. The fourth-order valence-electron chi connectivity index (χ4n) is 4.83. The predicted octanol–water partition coefficient (Wildman–Crippen LogP) is 4.04. The maximum Gasteiger partial charge on any atom is 0.255 e. The van der Waals surface area contributed by atoms with E-state index in [9.17, 15) is 14.0 Å². The van der Waals surface area contributed by atoms with Gasteiger partial charge in [0.1, 0.15) is 29.1 Å². The molecule has 0 atom stereocenters. The number of halogens is 1. The molecule has 0 saturated heterocycles. The number of nitrogens with zero attached hydrogens (tertiary/aromatic N) is 2. The van der Waals surface area contributed by atoms with Crippen molar-refractivity contribution in [1.29, 1.82) is 0 Å². The highest BCUT2D eigenvalue weighted by atomic mass is 19.1. The summed E-state index contributed by atoms with van der Waals surface area (Å²) in [6.45, 7) is 3.91. The lowest BCUT2D eigenvalue weighted by Crippen LogP contribution is -2.43. The van der Waals surface area contributed by atoms with Gasteiger partial charge < -0.3 is 20.4 Å². The van der Waals surface area contributed by atoms with Gasteiger partial charge in [0.05, 0.1) is 17.7 Å². The zero-order chi connectivity index (χ0) is 24.5. The summed E-state index contributed by atoms with van der Waals surface area (Å²) < 4.78 is 19.9. The SMILES string of the molecule is CC(=O)N[C@H]1CC[C@H](NC(=O)c2c(C)[nH]c3c(-c4ccc(F)cc4OCC4CC4)ncnc23)CC1. The number of hydrogen-bond acceptors (Lipinski definition) is 5. The summed E-state index contributed by atoms with van der Waals surface area (Å²) >= 11 is 0. The Morgan fingerprint density at radius 2 is 1.80 bits per heavy atom. The van der Waals surface area contributed by atoms with Crippen LogP contribution < -0.4 is 15.4 Å². The minimum absolute atomic E-state index is 0.0235. The van der Waals surface area contributed by atoms with E-state index in [0.29, 0.717) is 51.8 Å². The summed E-state index contributed by atoms with van der Waals surface area (Å²) in [5, 5.41) is 6.10. The Bertz CT molecular complexity index is 1260. The lowest BCUT2D eigenvalue weighted by molar-refractivity contribution is -0.119. The number of H-pyrrole nitrogens is 1. The van der Waals surface area contributed by atoms with Gasteiger partial charge in [0.2, 0.25) is 5.91 Å². The van der Waals surface area contributed by atoms with E-state index in [4.69, 9.17) is 4.74 Å². The molecule has 2 fully saturated rings. The topological polar surface area (TPSA) is 109 Å². The molecular formula is C26H30FN5O3. The average molecular weight is 480 g/mol. The Kier molecular flexibility index (Phi) is 6.40. The number of aryl methyl sites for hydroxylation is 1. The van der Waals surface area contributed by atoms with Crippen LogP contribution in [0.2, 0.25) is 0 Å². The van der Waals surface area contributed by atoms with E-state index in [1.165, 1.54) is 25.4 Å². The van der Waals surface area contributed by atoms with Gasteiger partial charge in [-0.05, 0) is 63.5 Å². The van der Waals surface area contributed by atoms with Crippen molar-refractivity contribution in [2.75, 3.05) is 6.61 Å². The Balaban J connectivity index is 1.39. The van der Waals surface area contributed by atoms with Crippen molar-refractivity contribution in [2.24, 2.45) is 5.92 Å². The van der Waals surface area contributed by atoms with Crippen LogP contribution in [-0.4, -0.2) is 45.5 Å². The van der Waals surface area contributed by atoms with E-state index >= 15 is 0 Å². The molecule has 3 aromatic rings. The molecule has 5 rings (SSSR count). The number of carbonyl (C=O) groups is 2. The van der Waals surface area contributed by atoms with E-state index in [1.54, 1.807) is 6.07 Å². The first-order valence-electron chi connectivity index (χ1n) is 12.2. The summed E-state index contributed by atoms with van der Waals surface area (Å²) in [7, 11) is 0. The molecule has 2 aromatic heterocycles. The molecule has 2 aliphatic rings. The number of aromatic amines is 1. The van der Waals surface area contributed by atoms with Crippen LogP contribution in [0.25, 0.3) is 22.3 Å². The number of benzene rings is 1. The van der Waals surface area contributed by atoms with Crippen LogP contribution in [0, 0.1) is 18.7 Å². The summed E-state index contributed by atoms with van der Waals surface area (Å²) in [6, 6.07) is 4.62. The quantitative estimate of drug-likeness (QED) is 0.474. The molecule has 184 valence electrons. The highest BCUT2D eigenvalue weighted by Crippen LogP contribution is 2.36. The highest BCUT2D eigenvalue weighted by molar-refractivity contribution is 6.09. The second-order valence-electron chi connectivity index (χ2n) is 9.69. The third-order valence-electron chi connectivity index (χ3n) is 6.84. The van der Waals surface area contributed by atoms with Gasteiger partial charge in [-0.15, -0.1) is 0 Å². The fraction of sp³-hybridized carbons (Fsp3) is 0.462. The Morgan fingerprint density at radius 3 is 2.49 bits per heavy atom. The molecule has 0 unspecified atom stereocenters. The second-order valence-corrected chi connectivity index (χ2v) is 9.69. The van der Waals surface area contributed by atoms with E-state index in [1.807, 2.05) is 6.92 Å². The molecule has 3 N–H and O–H groups in total. The first-order valence-corrected chi connectivity index (χ1v) is 12.2. The van der Waals surface area contributed by atoms with Gasteiger partial charge in [-0.25, -0.2) is 14.4 Å². The number of nitrogens with one attached hydrogen (secondary N) is 3. The van der Waals surface area contributed by atoms with Crippen LogP contribution in [0.4, 0.5) is 4.39 Å². The minimum Gasteiger partial charge on any atom is -0.492 e. The summed E-state index contributed by atoms with van der Waals surface area (Å²) in [4.78, 5) is 36.7. The lowest BCUT2D eigenvalue weighted by Gasteiger charge is -2.29. The average Bonchev–Trinajstić information content (AvgIpc) is 3.58. The normalized spacial score (nSPS) is 20.0. The van der Waals surface area contributed by atoms with Gasteiger partial charge in [0.25, 0.3) is 5.91 Å². The molecular weight excluding hydrogens is 449 g/mol. The van der Waals surface area contributed by atoms with Crippen molar-refractivity contribution in [3.8, 4) is 17.0 Å². The minimum atomic E-state index is -0.374. The van der Waals surface area contributed by atoms with Crippen LogP contribution in [0.15, 0.2) is 24.5 Å². The molecule has 0 radical (unpaired) electrons. The number of hydrogen-bond donors (Lipinski definition) is 3. The largest absolute Gasteiger partial charge is 0.492 e. The molecule has 0 bridgehead atoms. The van der Waals surface area contributed by atoms with Gasteiger partial charge in [0.15, 0.2) is 0 Å². The van der Waals surface area contributed by atoms with E-state index in [-0.39, 0.29) is 29.7 Å².